The predicted octanol–water partition coefficient (Wildman–Crippen LogP) is 4.75. The average molecular weight is 369 g/mol. The fraction of sp³-hybridized carbons (Fsp3) is 0.318. The number of hydrogen-bond acceptors (Lipinski definition) is 2. The van der Waals surface area contributed by atoms with E-state index in [1.807, 2.05) is 26.2 Å². The standard InChI is InChI=1S/C22H24N2O.ClH/c1-23(2)15-16-9-8-14-20-21(22(16)25)18-12-6-7-13-19(18)24(20)17-10-4-3-5-11-17;/h3-7,10-13,16H,8-9,14-15H2,1-2H3;1H. The molecule has 1 aliphatic rings. The fourth-order valence-corrected chi connectivity index (χ4v) is 4.14. The van der Waals surface area contributed by atoms with Gasteiger partial charge in [0.2, 0.25) is 0 Å². The third-order valence-electron chi connectivity index (χ3n) is 5.16. The van der Waals surface area contributed by atoms with Crippen molar-refractivity contribution in [2.45, 2.75) is 19.3 Å². The first-order valence-electron chi connectivity index (χ1n) is 9.03. The minimum absolute atomic E-state index is 0. The summed E-state index contributed by atoms with van der Waals surface area (Å²) in [5, 5.41) is 1.09. The quantitative estimate of drug-likeness (QED) is 0.623. The van der Waals surface area contributed by atoms with Gasteiger partial charge in [0.15, 0.2) is 5.78 Å². The molecule has 1 heterocycles. The third kappa shape index (κ3) is 3.17. The molecule has 0 aliphatic heterocycles. The molecule has 2 aromatic carbocycles. The number of Topliss-reactive ketones (excluding diaryl/α,β-unsaturated/α-hetero) is 1. The lowest BCUT2D eigenvalue weighted by atomic mass is 9.94. The molecular formula is C22H25ClN2O. The summed E-state index contributed by atoms with van der Waals surface area (Å²) >= 11 is 0. The van der Waals surface area contributed by atoms with Gasteiger partial charge in [-0.1, -0.05) is 36.4 Å². The van der Waals surface area contributed by atoms with Crippen LogP contribution < -0.4 is 0 Å². The fourth-order valence-electron chi connectivity index (χ4n) is 4.14. The van der Waals surface area contributed by atoms with E-state index in [2.05, 4.69) is 51.9 Å². The molecular weight excluding hydrogens is 344 g/mol. The third-order valence-corrected chi connectivity index (χ3v) is 5.16. The Labute approximate surface area is 161 Å². The van der Waals surface area contributed by atoms with Crippen LogP contribution in [0, 0.1) is 5.92 Å². The highest BCUT2D eigenvalue weighted by molar-refractivity contribution is 6.11. The van der Waals surface area contributed by atoms with Crippen molar-refractivity contribution in [3.05, 3.63) is 65.9 Å². The Morgan fingerprint density at radius 1 is 1.04 bits per heavy atom. The molecule has 4 heteroatoms. The molecule has 136 valence electrons. The van der Waals surface area contributed by atoms with Crippen molar-refractivity contribution in [1.29, 1.82) is 0 Å². The van der Waals surface area contributed by atoms with Gasteiger partial charge in [-0.25, -0.2) is 0 Å². The maximum Gasteiger partial charge on any atom is 0.169 e. The second-order valence-corrected chi connectivity index (χ2v) is 7.23. The Hall–Kier alpha value is -2.10. The van der Waals surface area contributed by atoms with Gasteiger partial charge in [-0.2, -0.15) is 0 Å². The van der Waals surface area contributed by atoms with E-state index in [-0.39, 0.29) is 18.3 Å². The molecule has 1 aromatic heterocycles. The summed E-state index contributed by atoms with van der Waals surface area (Å²) in [4.78, 5) is 15.5. The van der Waals surface area contributed by atoms with Crippen LogP contribution in [-0.4, -0.2) is 35.9 Å². The van der Waals surface area contributed by atoms with Crippen molar-refractivity contribution in [2.75, 3.05) is 20.6 Å². The Kier molecular flexibility index (Phi) is 5.49. The molecule has 1 aliphatic carbocycles. The number of rotatable bonds is 3. The van der Waals surface area contributed by atoms with Crippen LogP contribution in [0.3, 0.4) is 0 Å². The zero-order chi connectivity index (χ0) is 17.4. The van der Waals surface area contributed by atoms with Crippen LogP contribution >= 0.6 is 12.4 Å². The number of aromatic nitrogens is 1. The van der Waals surface area contributed by atoms with E-state index in [1.54, 1.807) is 0 Å². The monoisotopic (exact) mass is 368 g/mol. The molecule has 0 fully saturated rings. The number of halogens is 1. The van der Waals surface area contributed by atoms with Crippen LogP contribution in [0.4, 0.5) is 0 Å². The van der Waals surface area contributed by atoms with Crippen LogP contribution in [0.5, 0.6) is 0 Å². The molecule has 3 nitrogen and oxygen atoms in total. The van der Waals surface area contributed by atoms with Crippen LogP contribution in [0.2, 0.25) is 0 Å². The highest BCUT2D eigenvalue weighted by Crippen LogP contribution is 2.35. The zero-order valence-corrected chi connectivity index (χ0v) is 16.1. The van der Waals surface area contributed by atoms with Gasteiger partial charge in [0.05, 0.1) is 5.52 Å². The van der Waals surface area contributed by atoms with Gasteiger partial charge in [0.1, 0.15) is 0 Å². The van der Waals surface area contributed by atoms with Gasteiger partial charge in [0, 0.05) is 34.8 Å². The van der Waals surface area contributed by atoms with Crippen molar-refractivity contribution in [3.8, 4) is 5.69 Å². The summed E-state index contributed by atoms with van der Waals surface area (Å²) in [6.45, 7) is 0.823. The van der Waals surface area contributed by atoms with Crippen molar-refractivity contribution in [1.82, 2.24) is 9.47 Å². The number of carbonyl (C=O) groups is 1. The van der Waals surface area contributed by atoms with Crippen molar-refractivity contribution in [2.24, 2.45) is 5.92 Å². The van der Waals surface area contributed by atoms with Crippen LogP contribution in [-0.2, 0) is 6.42 Å². The number of fused-ring (bicyclic) bond motifs is 3. The van der Waals surface area contributed by atoms with Crippen molar-refractivity contribution >= 4 is 29.1 Å². The maximum atomic E-state index is 13.4. The van der Waals surface area contributed by atoms with Crippen molar-refractivity contribution < 1.29 is 4.79 Å². The minimum atomic E-state index is 0. The summed E-state index contributed by atoms with van der Waals surface area (Å²) in [5.74, 6) is 0.401. The van der Waals surface area contributed by atoms with E-state index in [4.69, 9.17) is 0 Å². The van der Waals surface area contributed by atoms with E-state index in [0.29, 0.717) is 5.78 Å². The summed E-state index contributed by atoms with van der Waals surface area (Å²) < 4.78 is 2.29. The van der Waals surface area contributed by atoms with Gasteiger partial charge >= 0.3 is 0 Å². The van der Waals surface area contributed by atoms with Gasteiger partial charge < -0.3 is 9.47 Å². The van der Waals surface area contributed by atoms with E-state index < -0.39 is 0 Å². The SMILES string of the molecule is CN(C)CC1CCCc2c(c3ccccc3n2-c2ccccc2)C1=O.Cl. The first kappa shape index (κ1) is 18.7. The van der Waals surface area contributed by atoms with Crippen LogP contribution in [0.15, 0.2) is 54.6 Å². The summed E-state index contributed by atoms with van der Waals surface area (Å²) in [5.41, 5.74) is 4.40. The first-order chi connectivity index (χ1) is 12.2. The summed E-state index contributed by atoms with van der Waals surface area (Å²) in [6, 6.07) is 18.7. The highest BCUT2D eigenvalue weighted by Gasteiger charge is 2.31. The number of benzene rings is 2. The molecule has 0 N–H and O–H groups in total. The van der Waals surface area contributed by atoms with Crippen LogP contribution in [0.25, 0.3) is 16.6 Å². The molecule has 0 amide bonds. The molecule has 3 aromatic rings. The minimum Gasteiger partial charge on any atom is -0.313 e. The maximum absolute atomic E-state index is 13.4. The second-order valence-electron chi connectivity index (χ2n) is 7.23. The first-order valence-corrected chi connectivity index (χ1v) is 9.03. The Morgan fingerprint density at radius 2 is 1.73 bits per heavy atom. The van der Waals surface area contributed by atoms with Gasteiger partial charge in [-0.15, -0.1) is 12.4 Å². The number of nitrogens with zero attached hydrogens (tertiary/aromatic N) is 2. The largest absolute Gasteiger partial charge is 0.313 e. The molecule has 0 bridgehead atoms. The lowest BCUT2D eigenvalue weighted by Gasteiger charge is -2.18. The Bertz CT molecular complexity index is 915. The Balaban J connectivity index is 0.00000196. The molecule has 0 radical (unpaired) electrons. The molecule has 26 heavy (non-hydrogen) atoms. The van der Waals surface area contributed by atoms with E-state index in [9.17, 15) is 4.79 Å². The van der Waals surface area contributed by atoms with Crippen molar-refractivity contribution in [3.63, 3.8) is 0 Å². The smallest absolute Gasteiger partial charge is 0.169 e. The molecule has 4 rings (SSSR count). The topological polar surface area (TPSA) is 25.2 Å². The van der Waals surface area contributed by atoms with E-state index in [0.717, 1.165) is 48.0 Å². The van der Waals surface area contributed by atoms with Gasteiger partial charge in [-0.05, 0) is 51.6 Å². The average Bonchev–Trinajstić information content (AvgIpc) is 2.86. The lowest BCUT2D eigenvalue weighted by molar-refractivity contribution is 0.0894. The molecule has 0 saturated carbocycles. The second kappa shape index (κ2) is 7.65. The van der Waals surface area contributed by atoms with Crippen LogP contribution in [0.1, 0.15) is 28.9 Å². The molecule has 0 saturated heterocycles. The van der Waals surface area contributed by atoms with E-state index >= 15 is 0 Å². The van der Waals surface area contributed by atoms with Gasteiger partial charge in [-0.3, -0.25) is 4.79 Å². The number of para-hydroxylation sites is 2. The molecule has 1 unspecified atom stereocenters. The Morgan fingerprint density at radius 3 is 2.46 bits per heavy atom. The zero-order valence-electron chi connectivity index (χ0n) is 15.3. The summed E-state index contributed by atoms with van der Waals surface area (Å²) in [6.07, 6.45) is 2.98. The highest BCUT2D eigenvalue weighted by atomic mass is 35.5. The molecule has 0 spiro atoms. The summed E-state index contributed by atoms with van der Waals surface area (Å²) in [7, 11) is 4.10. The molecule has 1 atom stereocenters. The lowest BCUT2D eigenvalue weighted by Crippen LogP contribution is -2.27. The predicted molar refractivity (Wildman–Crippen MR) is 110 cm³/mol. The van der Waals surface area contributed by atoms with Gasteiger partial charge in [0.25, 0.3) is 0 Å². The number of hydrogen-bond donors (Lipinski definition) is 0. The number of ketones is 1. The normalized spacial score (nSPS) is 17.0. The number of carbonyl (C=O) groups excluding carboxylic acids is 1. The van der Waals surface area contributed by atoms with E-state index in [1.165, 1.54) is 5.69 Å².